The van der Waals surface area contributed by atoms with Gasteiger partial charge in [-0.3, -0.25) is 0 Å². The van der Waals surface area contributed by atoms with E-state index in [1.54, 1.807) is 0 Å². The molecule has 0 amide bonds. The van der Waals surface area contributed by atoms with Crippen LogP contribution in [0.5, 0.6) is 5.75 Å². The second-order valence-corrected chi connectivity index (χ2v) is 5.20. The summed E-state index contributed by atoms with van der Waals surface area (Å²) in [7, 11) is 0. The summed E-state index contributed by atoms with van der Waals surface area (Å²) >= 11 is 0. The summed E-state index contributed by atoms with van der Waals surface area (Å²) in [5.41, 5.74) is 1.22. The van der Waals surface area contributed by atoms with Crippen LogP contribution in [0.2, 0.25) is 0 Å². The Labute approximate surface area is 104 Å². The minimum Gasteiger partial charge on any atom is -0.491 e. The first kappa shape index (κ1) is 12.4. The smallest absolute Gasteiger partial charge is 0.119 e. The average Bonchev–Trinajstić information content (AvgIpc) is 2.29. The highest BCUT2D eigenvalue weighted by Gasteiger charge is 2.24. The van der Waals surface area contributed by atoms with E-state index in [4.69, 9.17) is 4.74 Å². The van der Waals surface area contributed by atoms with Crippen LogP contribution in [0.1, 0.15) is 51.0 Å². The number of hydrogen-bond acceptors (Lipinski definition) is 2. The number of aliphatic hydroxyl groups is 1. The lowest BCUT2D eigenvalue weighted by molar-refractivity contribution is 0.106. The number of rotatable bonds is 3. The van der Waals surface area contributed by atoms with E-state index in [1.165, 1.54) is 12.0 Å². The van der Waals surface area contributed by atoms with Crippen molar-refractivity contribution in [2.24, 2.45) is 0 Å². The van der Waals surface area contributed by atoms with Gasteiger partial charge < -0.3 is 9.84 Å². The molecule has 2 nitrogen and oxygen atoms in total. The number of benzene rings is 1. The Hall–Kier alpha value is -1.02. The third-order valence-corrected chi connectivity index (χ3v) is 3.39. The molecule has 0 aromatic heterocycles. The van der Waals surface area contributed by atoms with Crippen LogP contribution in [-0.4, -0.2) is 17.3 Å². The van der Waals surface area contributed by atoms with Crippen molar-refractivity contribution < 1.29 is 9.84 Å². The van der Waals surface area contributed by atoms with Gasteiger partial charge in [0.05, 0.1) is 12.2 Å². The largest absolute Gasteiger partial charge is 0.491 e. The Morgan fingerprint density at radius 1 is 1.24 bits per heavy atom. The minimum absolute atomic E-state index is 0.182. The van der Waals surface area contributed by atoms with Crippen molar-refractivity contribution in [3.63, 3.8) is 0 Å². The molecule has 1 aromatic carbocycles. The monoisotopic (exact) mass is 234 g/mol. The highest BCUT2D eigenvalue weighted by molar-refractivity contribution is 5.31. The van der Waals surface area contributed by atoms with E-state index in [1.807, 2.05) is 26.0 Å². The standard InChI is InChI=1S/C15H22O2/c1-11(2)17-13-7-5-6-12(10-13)14-8-3-4-9-15(14)16/h5-7,10-11,14-16H,3-4,8-9H2,1-2H3/t14-,15-/m0/s1. The number of ether oxygens (including phenoxy) is 1. The Bertz CT molecular complexity index is 360. The third kappa shape index (κ3) is 3.22. The van der Waals surface area contributed by atoms with Crippen molar-refractivity contribution in [2.75, 3.05) is 0 Å². The molecule has 1 N–H and O–H groups in total. The topological polar surface area (TPSA) is 29.5 Å². The Morgan fingerprint density at radius 2 is 2.00 bits per heavy atom. The van der Waals surface area contributed by atoms with Crippen LogP contribution in [0, 0.1) is 0 Å². The predicted octanol–water partition coefficient (Wildman–Crippen LogP) is 3.49. The van der Waals surface area contributed by atoms with Crippen LogP contribution in [0.25, 0.3) is 0 Å². The lowest BCUT2D eigenvalue weighted by Crippen LogP contribution is -2.22. The molecule has 1 aliphatic rings. The fourth-order valence-electron chi connectivity index (χ4n) is 2.59. The Balaban J connectivity index is 2.14. The van der Waals surface area contributed by atoms with Crippen LogP contribution in [-0.2, 0) is 0 Å². The molecule has 2 atom stereocenters. The molecule has 1 aliphatic carbocycles. The summed E-state index contributed by atoms with van der Waals surface area (Å²) in [6.45, 7) is 4.06. The first-order valence-corrected chi connectivity index (χ1v) is 6.61. The molecule has 17 heavy (non-hydrogen) atoms. The van der Waals surface area contributed by atoms with Gasteiger partial charge in [0.25, 0.3) is 0 Å². The van der Waals surface area contributed by atoms with E-state index in [0.29, 0.717) is 5.92 Å². The van der Waals surface area contributed by atoms with E-state index in [0.717, 1.165) is 25.0 Å². The van der Waals surface area contributed by atoms with Crippen LogP contribution >= 0.6 is 0 Å². The van der Waals surface area contributed by atoms with Gasteiger partial charge in [-0.05, 0) is 44.4 Å². The van der Waals surface area contributed by atoms with E-state index in [-0.39, 0.29) is 12.2 Å². The SMILES string of the molecule is CC(C)Oc1cccc([C@@H]2CCCC[C@@H]2O)c1. The Kier molecular flexibility index (Phi) is 4.06. The summed E-state index contributed by atoms with van der Waals surface area (Å²) < 4.78 is 5.70. The lowest BCUT2D eigenvalue weighted by Gasteiger charge is -2.28. The molecule has 0 spiro atoms. The minimum atomic E-state index is -0.182. The summed E-state index contributed by atoms with van der Waals surface area (Å²) in [4.78, 5) is 0. The van der Waals surface area contributed by atoms with Gasteiger partial charge in [0.1, 0.15) is 5.75 Å². The predicted molar refractivity (Wildman–Crippen MR) is 69.4 cm³/mol. The quantitative estimate of drug-likeness (QED) is 0.867. The van der Waals surface area contributed by atoms with Gasteiger partial charge in [0.2, 0.25) is 0 Å². The Morgan fingerprint density at radius 3 is 2.71 bits per heavy atom. The normalized spacial score (nSPS) is 24.9. The molecular formula is C15H22O2. The van der Waals surface area contributed by atoms with Crippen molar-refractivity contribution in [3.8, 4) is 5.75 Å². The summed E-state index contributed by atoms with van der Waals surface area (Å²) in [6, 6.07) is 8.19. The van der Waals surface area contributed by atoms with E-state index < -0.39 is 0 Å². The maximum Gasteiger partial charge on any atom is 0.119 e. The highest BCUT2D eigenvalue weighted by atomic mass is 16.5. The molecule has 2 heteroatoms. The van der Waals surface area contributed by atoms with Gasteiger partial charge in [0.15, 0.2) is 0 Å². The van der Waals surface area contributed by atoms with E-state index >= 15 is 0 Å². The molecule has 0 unspecified atom stereocenters. The molecule has 0 radical (unpaired) electrons. The second-order valence-electron chi connectivity index (χ2n) is 5.20. The second kappa shape index (κ2) is 5.54. The molecule has 1 saturated carbocycles. The molecular weight excluding hydrogens is 212 g/mol. The highest BCUT2D eigenvalue weighted by Crippen LogP contribution is 2.34. The molecule has 1 fully saturated rings. The summed E-state index contributed by atoms with van der Waals surface area (Å²) in [5, 5.41) is 10.1. The zero-order chi connectivity index (χ0) is 12.3. The van der Waals surface area contributed by atoms with Crippen molar-refractivity contribution >= 4 is 0 Å². The maximum absolute atomic E-state index is 10.1. The molecule has 94 valence electrons. The van der Waals surface area contributed by atoms with E-state index in [9.17, 15) is 5.11 Å². The zero-order valence-corrected chi connectivity index (χ0v) is 10.7. The van der Waals surface area contributed by atoms with Gasteiger partial charge in [-0.15, -0.1) is 0 Å². The van der Waals surface area contributed by atoms with Crippen LogP contribution < -0.4 is 4.74 Å². The zero-order valence-electron chi connectivity index (χ0n) is 10.7. The third-order valence-electron chi connectivity index (χ3n) is 3.39. The average molecular weight is 234 g/mol. The molecule has 0 heterocycles. The first-order chi connectivity index (χ1) is 8.16. The number of hydrogen-bond donors (Lipinski definition) is 1. The van der Waals surface area contributed by atoms with Crippen LogP contribution in [0.3, 0.4) is 0 Å². The summed E-state index contributed by atoms with van der Waals surface area (Å²) in [5.74, 6) is 1.20. The van der Waals surface area contributed by atoms with Crippen LogP contribution in [0.15, 0.2) is 24.3 Å². The molecule has 1 aromatic rings. The van der Waals surface area contributed by atoms with Crippen molar-refractivity contribution in [1.29, 1.82) is 0 Å². The van der Waals surface area contributed by atoms with Gasteiger partial charge in [-0.1, -0.05) is 25.0 Å². The van der Waals surface area contributed by atoms with Crippen molar-refractivity contribution in [2.45, 2.75) is 57.7 Å². The number of aliphatic hydroxyl groups excluding tert-OH is 1. The first-order valence-electron chi connectivity index (χ1n) is 6.61. The molecule has 0 bridgehead atoms. The van der Waals surface area contributed by atoms with Crippen LogP contribution in [0.4, 0.5) is 0 Å². The van der Waals surface area contributed by atoms with Crippen molar-refractivity contribution in [1.82, 2.24) is 0 Å². The molecule has 2 rings (SSSR count). The molecule has 0 aliphatic heterocycles. The fourth-order valence-corrected chi connectivity index (χ4v) is 2.59. The van der Waals surface area contributed by atoms with Crippen molar-refractivity contribution in [3.05, 3.63) is 29.8 Å². The van der Waals surface area contributed by atoms with E-state index in [2.05, 4.69) is 12.1 Å². The van der Waals surface area contributed by atoms with Gasteiger partial charge in [-0.2, -0.15) is 0 Å². The van der Waals surface area contributed by atoms with Gasteiger partial charge in [0, 0.05) is 5.92 Å². The summed E-state index contributed by atoms with van der Waals surface area (Å²) in [6.07, 6.45) is 4.41. The molecule has 0 saturated heterocycles. The lowest BCUT2D eigenvalue weighted by atomic mass is 9.82. The van der Waals surface area contributed by atoms with Gasteiger partial charge in [-0.25, -0.2) is 0 Å². The fraction of sp³-hybridized carbons (Fsp3) is 0.600. The maximum atomic E-state index is 10.1. The van der Waals surface area contributed by atoms with Gasteiger partial charge >= 0.3 is 0 Å².